The number of nitrogens with zero attached hydrogens (tertiary/aromatic N) is 1. The average Bonchev–Trinajstić information content (AvgIpc) is 2.94. The number of hydrogen-bond acceptors (Lipinski definition) is 5. The minimum absolute atomic E-state index is 0.0533. The number of rotatable bonds is 17. The van der Waals surface area contributed by atoms with Gasteiger partial charge in [-0.25, -0.2) is 4.79 Å². The fourth-order valence-electron chi connectivity index (χ4n) is 5.08. The SMILES string of the molecule is CCCCCCCCN(C(=O)C(Cc1ccc(O)cc1)NC(=O)OC(C)(C)C)C(C(=O)NC(C)CCC)c1ccccc1. The molecule has 0 aliphatic rings. The summed E-state index contributed by atoms with van der Waals surface area (Å²) >= 11 is 0. The van der Waals surface area contributed by atoms with Gasteiger partial charge in [-0.2, -0.15) is 0 Å². The maximum atomic E-state index is 14.5. The molecule has 3 atom stereocenters. The third-order valence-corrected chi connectivity index (χ3v) is 7.19. The number of hydrogen-bond donors (Lipinski definition) is 3. The zero-order valence-electron chi connectivity index (χ0n) is 27.0. The number of phenolic OH excluding ortho intramolecular Hbond substituents is 1. The van der Waals surface area contributed by atoms with Crippen LogP contribution in [-0.2, 0) is 20.7 Å². The smallest absolute Gasteiger partial charge is 0.408 e. The fourth-order valence-corrected chi connectivity index (χ4v) is 5.08. The van der Waals surface area contributed by atoms with E-state index < -0.39 is 23.8 Å². The molecule has 0 aliphatic carbocycles. The second-order valence-corrected chi connectivity index (χ2v) is 12.4. The van der Waals surface area contributed by atoms with Crippen molar-refractivity contribution in [1.29, 1.82) is 0 Å². The number of carbonyl (C=O) groups excluding carboxylic acids is 3. The molecule has 43 heavy (non-hydrogen) atoms. The summed E-state index contributed by atoms with van der Waals surface area (Å²) in [5.74, 6) is -0.495. The lowest BCUT2D eigenvalue weighted by Gasteiger charge is -2.35. The molecule has 3 amide bonds. The largest absolute Gasteiger partial charge is 0.508 e. The number of unbranched alkanes of at least 4 members (excludes halogenated alkanes) is 5. The van der Waals surface area contributed by atoms with Gasteiger partial charge in [-0.1, -0.05) is 94.8 Å². The molecule has 2 aromatic rings. The van der Waals surface area contributed by atoms with Gasteiger partial charge in [-0.15, -0.1) is 0 Å². The number of phenols is 1. The highest BCUT2D eigenvalue weighted by Gasteiger charge is 2.36. The molecule has 0 fully saturated rings. The number of alkyl carbamates (subject to hydrolysis) is 1. The monoisotopic (exact) mass is 595 g/mol. The third kappa shape index (κ3) is 13.1. The van der Waals surface area contributed by atoms with E-state index in [1.165, 1.54) is 6.42 Å². The number of carbonyl (C=O) groups is 3. The molecule has 0 saturated heterocycles. The van der Waals surface area contributed by atoms with Gasteiger partial charge in [0.05, 0.1) is 0 Å². The van der Waals surface area contributed by atoms with Gasteiger partial charge in [-0.05, 0) is 63.8 Å². The number of ether oxygens (including phenoxy) is 1. The van der Waals surface area contributed by atoms with E-state index in [1.54, 1.807) is 49.9 Å². The number of aromatic hydroxyl groups is 1. The standard InChI is InChI=1S/C35H53N3O5/c1-7-9-10-11-12-16-24-38(31(28-18-14-13-15-19-28)32(40)36-26(3)17-8-2)33(41)30(37-34(42)43-35(4,5)6)25-27-20-22-29(39)23-21-27/h13-15,18-23,26,30-31,39H,7-12,16-17,24-25H2,1-6H3,(H,36,40)(H,37,42). The Kier molecular flexibility index (Phi) is 15.1. The predicted octanol–water partition coefficient (Wildman–Crippen LogP) is 7.06. The van der Waals surface area contributed by atoms with E-state index in [-0.39, 0.29) is 30.0 Å². The van der Waals surface area contributed by atoms with E-state index in [2.05, 4.69) is 24.5 Å². The molecule has 3 N–H and O–H groups in total. The summed E-state index contributed by atoms with van der Waals surface area (Å²) in [6.45, 7) is 11.9. The van der Waals surface area contributed by atoms with Crippen LogP contribution in [-0.4, -0.2) is 52.1 Å². The summed E-state index contributed by atoms with van der Waals surface area (Å²) in [5, 5.41) is 15.7. The summed E-state index contributed by atoms with van der Waals surface area (Å²) in [6, 6.07) is 14.0. The van der Waals surface area contributed by atoms with E-state index in [0.29, 0.717) is 12.1 Å². The van der Waals surface area contributed by atoms with Gasteiger partial charge >= 0.3 is 6.09 Å². The first kappa shape index (κ1) is 35.6. The Labute approximate surface area is 258 Å². The van der Waals surface area contributed by atoms with Crippen molar-refractivity contribution < 1.29 is 24.2 Å². The van der Waals surface area contributed by atoms with Crippen LogP contribution in [0.25, 0.3) is 0 Å². The molecule has 0 aromatic heterocycles. The first-order valence-electron chi connectivity index (χ1n) is 15.9. The van der Waals surface area contributed by atoms with Gasteiger partial charge in [0.15, 0.2) is 0 Å². The van der Waals surface area contributed by atoms with Gasteiger partial charge in [0.1, 0.15) is 23.4 Å². The molecule has 8 heteroatoms. The lowest BCUT2D eigenvalue weighted by atomic mass is 9.99. The van der Waals surface area contributed by atoms with Crippen LogP contribution in [0, 0.1) is 0 Å². The minimum Gasteiger partial charge on any atom is -0.508 e. The Hall–Kier alpha value is -3.55. The molecule has 2 aromatic carbocycles. The molecular formula is C35H53N3O5. The summed E-state index contributed by atoms with van der Waals surface area (Å²) in [4.78, 5) is 43.1. The van der Waals surface area contributed by atoms with Gasteiger partial charge in [0, 0.05) is 19.0 Å². The lowest BCUT2D eigenvalue weighted by Crippen LogP contribution is -2.54. The van der Waals surface area contributed by atoms with Crippen molar-refractivity contribution in [2.24, 2.45) is 0 Å². The van der Waals surface area contributed by atoms with Crippen LogP contribution in [0.15, 0.2) is 54.6 Å². The molecule has 0 saturated carbocycles. The van der Waals surface area contributed by atoms with Crippen LogP contribution < -0.4 is 10.6 Å². The Morgan fingerprint density at radius 3 is 2.09 bits per heavy atom. The van der Waals surface area contributed by atoms with Gasteiger partial charge in [0.25, 0.3) is 0 Å². The van der Waals surface area contributed by atoms with Crippen LogP contribution in [0.5, 0.6) is 5.75 Å². The van der Waals surface area contributed by atoms with Crippen molar-refractivity contribution in [2.75, 3.05) is 6.54 Å². The molecule has 8 nitrogen and oxygen atoms in total. The summed E-state index contributed by atoms with van der Waals surface area (Å²) < 4.78 is 5.52. The Morgan fingerprint density at radius 2 is 1.49 bits per heavy atom. The maximum absolute atomic E-state index is 14.5. The molecular weight excluding hydrogens is 542 g/mol. The van der Waals surface area contributed by atoms with E-state index in [9.17, 15) is 19.5 Å². The molecule has 0 radical (unpaired) electrons. The first-order valence-corrected chi connectivity index (χ1v) is 15.9. The Balaban J connectivity index is 2.50. The Morgan fingerprint density at radius 1 is 0.860 bits per heavy atom. The lowest BCUT2D eigenvalue weighted by molar-refractivity contribution is -0.142. The zero-order chi connectivity index (χ0) is 31.8. The van der Waals surface area contributed by atoms with Crippen LogP contribution in [0.2, 0.25) is 0 Å². The average molecular weight is 596 g/mol. The molecule has 2 rings (SSSR count). The molecule has 3 unspecified atom stereocenters. The van der Waals surface area contributed by atoms with Crippen LogP contribution in [0.1, 0.15) is 110 Å². The van der Waals surface area contributed by atoms with Crippen molar-refractivity contribution in [2.45, 2.75) is 123 Å². The molecule has 0 spiro atoms. The Bertz CT molecular complexity index is 1110. The maximum Gasteiger partial charge on any atom is 0.408 e. The highest BCUT2D eigenvalue weighted by molar-refractivity contribution is 5.92. The topological polar surface area (TPSA) is 108 Å². The second-order valence-electron chi connectivity index (χ2n) is 12.4. The normalized spacial score (nSPS) is 13.4. The summed E-state index contributed by atoms with van der Waals surface area (Å²) in [7, 11) is 0. The van der Waals surface area contributed by atoms with E-state index in [1.807, 2.05) is 37.3 Å². The first-order chi connectivity index (χ1) is 20.4. The quantitative estimate of drug-likeness (QED) is 0.170. The number of amides is 3. The number of benzene rings is 2. The van der Waals surface area contributed by atoms with Crippen molar-refractivity contribution in [3.05, 3.63) is 65.7 Å². The van der Waals surface area contributed by atoms with Crippen molar-refractivity contribution in [3.63, 3.8) is 0 Å². The van der Waals surface area contributed by atoms with Crippen molar-refractivity contribution in [1.82, 2.24) is 15.5 Å². The van der Waals surface area contributed by atoms with Crippen molar-refractivity contribution in [3.8, 4) is 5.75 Å². The highest BCUT2D eigenvalue weighted by Crippen LogP contribution is 2.25. The van der Waals surface area contributed by atoms with Crippen LogP contribution >= 0.6 is 0 Å². The van der Waals surface area contributed by atoms with E-state index >= 15 is 0 Å². The van der Waals surface area contributed by atoms with Crippen molar-refractivity contribution >= 4 is 17.9 Å². The number of nitrogens with one attached hydrogen (secondary N) is 2. The summed E-state index contributed by atoms with van der Waals surface area (Å²) in [5.41, 5.74) is 0.712. The molecule has 238 valence electrons. The van der Waals surface area contributed by atoms with Crippen LogP contribution in [0.3, 0.4) is 0 Å². The van der Waals surface area contributed by atoms with E-state index in [0.717, 1.165) is 50.5 Å². The molecule has 0 bridgehead atoms. The third-order valence-electron chi connectivity index (χ3n) is 7.19. The predicted molar refractivity (Wildman–Crippen MR) is 172 cm³/mol. The second kappa shape index (κ2) is 18.2. The van der Waals surface area contributed by atoms with E-state index in [4.69, 9.17) is 4.74 Å². The summed E-state index contributed by atoms with van der Waals surface area (Å²) in [6.07, 6.45) is 7.37. The van der Waals surface area contributed by atoms with Gasteiger partial charge < -0.3 is 25.4 Å². The molecule has 0 aliphatic heterocycles. The van der Waals surface area contributed by atoms with Gasteiger partial charge in [0.2, 0.25) is 11.8 Å². The zero-order valence-corrected chi connectivity index (χ0v) is 27.0. The molecule has 0 heterocycles. The van der Waals surface area contributed by atoms with Crippen LogP contribution in [0.4, 0.5) is 4.79 Å². The minimum atomic E-state index is -0.994. The van der Waals surface area contributed by atoms with Gasteiger partial charge in [-0.3, -0.25) is 9.59 Å². The fraction of sp³-hybridized carbons (Fsp3) is 0.571. The highest BCUT2D eigenvalue weighted by atomic mass is 16.6.